The van der Waals surface area contributed by atoms with Gasteiger partial charge in [-0.3, -0.25) is 18.6 Å². The van der Waals surface area contributed by atoms with E-state index in [2.05, 4.69) is 49.5 Å². The molecule has 0 aromatic carbocycles. The lowest BCUT2D eigenvalue weighted by Crippen LogP contribution is -2.37. The lowest BCUT2D eigenvalue weighted by atomic mass is 10.1. The van der Waals surface area contributed by atoms with E-state index < -0.39 is 32.5 Å². The first-order valence-corrected chi connectivity index (χ1v) is 25.3. The van der Waals surface area contributed by atoms with Gasteiger partial charge in [-0.25, -0.2) is 4.57 Å². The average molecular weight is 879 g/mol. The van der Waals surface area contributed by atoms with E-state index in [0.29, 0.717) is 30.3 Å². The van der Waals surface area contributed by atoms with E-state index in [1.807, 2.05) is 52.4 Å². The van der Waals surface area contributed by atoms with Crippen LogP contribution >= 0.6 is 7.82 Å². The number of quaternary nitrogens is 1. The molecule has 3 atom stereocenters. The third kappa shape index (κ3) is 45.3. The van der Waals surface area contributed by atoms with Crippen LogP contribution in [0.15, 0.2) is 72.9 Å². The third-order valence-corrected chi connectivity index (χ3v) is 10.9. The van der Waals surface area contributed by atoms with E-state index in [9.17, 15) is 24.2 Å². The number of phosphoric acid groups is 1. The van der Waals surface area contributed by atoms with Crippen molar-refractivity contribution in [2.45, 2.75) is 187 Å². The van der Waals surface area contributed by atoms with Crippen LogP contribution in [0.2, 0.25) is 0 Å². The van der Waals surface area contributed by atoms with Crippen molar-refractivity contribution in [2.75, 3.05) is 47.5 Å². The topological polar surface area (TPSA) is 129 Å². The first-order chi connectivity index (χ1) is 29.4. The van der Waals surface area contributed by atoms with Crippen LogP contribution < -0.4 is 0 Å². The molecule has 0 radical (unpaired) electrons. The summed E-state index contributed by atoms with van der Waals surface area (Å²) in [7, 11) is 1.42. The van der Waals surface area contributed by atoms with E-state index in [0.717, 1.165) is 44.9 Å². The Labute approximate surface area is 372 Å². The molecule has 1 unspecified atom stereocenters. The average Bonchev–Trinajstić information content (AvgIpc) is 3.21. The highest BCUT2D eigenvalue weighted by Gasteiger charge is 2.27. The number of hydrogen-bond donors (Lipinski definition) is 2. The molecule has 0 heterocycles. The number of unbranched alkanes of at least 4 members (excludes halogenated alkanes) is 16. The highest BCUT2D eigenvalue weighted by Crippen LogP contribution is 2.43. The Morgan fingerprint density at radius 3 is 1.66 bits per heavy atom. The summed E-state index contributed by atoms with van der Waals surface area (Å²) >= 11 is 0. The minimum absolute atomic E-state index is 0.0134. The van der Waals surface area contributed by atoms with Crippen molar-refractivity contribution in [1.29, 1.82) is 0 Å². The summed E-state index contributed by atoms with van der Waals surface area (Å²) in [6.45, 7) is 4.01. The van der Waals surface area contributed by atoms with Crippen LogP contribution in [0, 0.1) is 0 Å². The number of carbonyl (C=O) groups is 2. The molecule has 0 saturated carbocycles. The number of hydrogen-bond acceptors (Lipinski definition) is 8. The van der Waals surface area contributed by atoms with Crippen LogP contribution in [0.4, 0.5) is 0 Å². The van der Waals surface area contributed by atoms with Crippen molar-refractivity contribution in [3.05, 3.63) is 72.9 Å². The molecule has 11 heteroatoms. The molecule has 61 heavy (non-hydrogen) atoms. The summed E-state index contributed by atoms with van der Waals surface area (Å²) in [6, 6.07) is 0. The van der Waals surface area contributed by atoms with E-state index in [1.54, 1.807) is 6.08 Å². The fourth-order valence-corrected chi connectivity index (χ4v) is 6.74. The van der Waals surface area contributed by atoms with E-state index in [4.69, 9.17) is 18.5 Å². The molecule has 0 fully saturated rings. The minimum Gasteiger partial charge on any atom is -0.462 e. The van der Waals surface area contributed by atoms with Gasteiger partial charge in [-0.1, -0.05) is 164 Å². The van der Waals surface area contributed by atoms with E-state index in [-0.39, 0.29) is 32.2 Å². The molecule has 10 nitrogen and oxygen atoms in total. The zero-order chi connectivity index (χ0) is 45.1. The van der Waals surface area contributed by atoms with Crippen molar-refractivity contribution in [2.24, 2.45) is 0 Å². The fraction of sp³-hybridized carbons (Fsp3) is 0.720. The summed E-state index contributed by atoms with van der Waals surface area (Å²) in [5.41, 5.74) is 0. The van der Waals surface area contributed by atoms with Crippen molar-refractivity contribution < 1.29 is 47.2 Å². The van der Waals surface area contributed by atoms with Gasteiger partial charge in [0.1, 0.15) is 19.8 Å². The Morgan fingerprint density at radius 2 is 1.08 bits per heavy atom. The van der Waals surface area contributed by atoms with Crippen LogP contribution in [0.1, 0.15) is 174 Å². The predicted octanol–water partition coefficient (Wildman–Crippen LogP) is 12.8. The van der Waals surface area contributed by atoms with Gasteiger partial charge in [0.25, 0.3) is 0 Å². The number of aliphatic hydroxyl groups excluding tert-OH is 1. The Kier molecular flexibility index (Phi) is 39.7. The molecule has 0 rings (SSSR count). The number of likely N-dealkylation sites (N-methyl/N-ethyl adjacent to an activating group) is 1. The lowest BCUT2D eigenvalue weighted by molar-refractivity contribution is -0.870. The molecule has 0 amide bonds. The molecular formula is C50H89NO9P+. The van der Waals surface area contributed by atoms with Gasteiger partial charge in [-0.05, 0) is 70.6 Å². The van der Waals surface area contributed by atoms with Gasteiger partial charge in [0.05, 0.1) is 33.9 Å². The Bertz CT molecular complexity index is 1280. The number of nitrogens with zero attached hydrogens (tertiary/aromatic N) is 1. The van der Waals surface area contributed by atoms with Gasteiger partial charge >= 0.3 is 19.8 Å². The van der Waals surface area contributed by atoms with E-state index >= 15 is 0 Å². The van der Waals surface area contributed by atoms with Crippen molar-refractivity contribution in [1.82, 2.24) is 0 Å². The second-order valence-electron chi connectivity index (χ2n) is 17.0. The predicted molar refractivity (Wildman–Crippen MR) is 253 cm³/mol. The van der Waals surface area contributed by atoms with Crippen LogP contribution in [-0.4, -0.2) is 86.1 Å². The van der Waals surface area contributed by atoms with Crippen molar-refractivity contribution in [3.8, 4) is 0 Å². The molecule has 0 aromatic heterocycles. The molecule has 0 aliphatic rings. The molecule has 0 aliphatic heterocycles. The van der Waals surface area contributed by atoms with Gasteiger partial charge in [0.2, 0.25) is 0 Å². The molecule has 0 aromatic rings. The Morgan fingerprint density at radius 1 is 0.590 bits per heavy atom. The highest BCUT2D eigenvalue weighted by molar-refractivity contribution is 7.47. The fourth-order valence-electron chi connectivity index (χ4n) is 6.00. The van der Waals surface area contributed by atoms with Crippen molar-refractivity contribution >= 4 is 19.8 Å². The number of allylic oxidation sites excluding steroid dienone is 11. The molecule has 352 valence electrons. The largest absolute Gasteiger partial charge is 0.472 e. The first kappa shape index (κ1) is 58.4. The number of ether oxygens (including phenoxy) is 2. The molecule has 0 bridgehead atoms. The highest BCUT2D eigenvalue weighted by atomic mass is 31.2. The van der Waals surface area contributed by atoms with Gasteiger partial charge in [-0.15, -0.1) is 0 Å². The SMILES string of the molecule is CCCCCCCC/C=C\CCCCCCCCCCCC(=O)O[C@H](COC(=O)CCC/C=C\C/C=C\C/C=C\C/C=C\C=C\[C@@H](O)CC)COP(=O)(O)OCC[N+](C)(C)C. The maximum Gasteiger partial charge on any atom is 0.472 e. The first-order valence-electron chi connectivity index (χ1n) is 23.8. The standard InChI is InChI=1S/C50H88NO9P/c1-6-8-9-10-11-12-13-14-15-16-17-18-19-24-27-30-33-36-39-42-50(54)60-48(46-59-61(55,56)58-44-43-51(3,4)5)45-57-49(53)41-38-35-32-29-26-23-21-20-22-25-28-31-34-37-40-47(52)7-2/h14-15,21-23,25,29,31-32,34,37,40,47-48,52H,6-13,16-20,24,26-28,30,33,35-36,38-39,41-46H2,1-5H3/p+1/b15-14-,23-21-,25-22-,32-29-,34-31-,40-37+/t47-,48+/m0/s1. The number of carbonyl (C=O) groups excluding carboxylic acids is 2. The number of esters is 2. The maximum absolute atomic E-state index is 12.7. The van der Waals surface area contributed by atoms with Gasteiger partial charge in [-0.2, -0.15) is 0 Å². The quantitative estimate of drug-likeness (QED) is 0.0154. The smallest absolute Gasteiger partial charge is 0.462 e. The van der Waals surface area contributed by atoms with Crippen LogP contribution in [0.3, 0.4) is 0 Å². The third-order valence-electron chi connectivity index (χ3n) is 9.88. The van der Waals surface area contributed by atoms with Crippen LogP contribution in [-0.2, 0) is 32.7 Å². The maximum atomic E-state index is 12.7. The summed E-state index contributed by atoms with van der Waals surface area (Å²) in [5, 5.41) is 9.49. The Hall–Kier alpha value is -2.59. The monoisotopic (exact) mass is 879 g/mol. The summed E-state index contributed by atoms with van der Waals surface area (Å²) in [4.78, 5) is 35.4. The number of phosphoric ester groups is 1. The molecular weight excluding hydrogens is 790 g/mol. The number of aliphatic hydroxyl groups is 1. The van der Waals surface area contributed by atoms with E-state index in [1.165, 1.54) is 83.5 Å². The van der Waals surface area contributed by atoms with Gasteiger partial charge in [0, 0.05) is 12.8 Å². The molecule has 0 spiro atoms. The van der Waals surface area contributed by atoms with Gasteiger partial charge < -0.3 is 24.0 Å². The molecule has 0 aliphatic carbocycles. The van der Waals surface area contributed by atoms with Crippen LogP contribution in [0.5, 0.6) is 0 Å². The van der Waals surface area contributed by atoms with Crippen LogP contribution in [0.25, 0.3) is 0 Å². The second kappa shape index (κ2) is 41.4. The zero-order valence-corrected chi connectivity index (χ0v) is 40.1. The Balaban J connectivity index is 4.42. The summed E-state index contributed by atoms with van der Waals surface area (Å²) in [6.07, 6.45) is 49.1. The molecule has 2 N–H and O–H groups in total. The lowest BCUT2D eigenvalue weighted by Gasteiger charge is -2.24. The summed E-state index contributed by atoms with van der Waals surface area (Å²) in [5.74, 6) is -0.891. The number of rotatable bonds is 42. The van der Waals surface area contributed by atoms with Crippen molar-refractivity contribution in [3.63, 3.8) is 0 Å². The van der Waals surface area contributed by atoms with Gasteiger partial charge in [0.15, 0.2) is 6.10 Å². The minimum atomic E-state index is -4.40. The zero-order valence-electron chi connectivity index (χ0n) is 39.2. The summed E-state index contributed by atoms with van der Waals surface area (Å²) < 4.78 is 34.3. The normalized spacial score (nSPS) is 14.7. The second-order valence-corrected chi connectivity index (χ2v) is 18.4. The molecule has 0 saturated heterocycles.